The lowest BCUT2D eigenvalue weighted by Gasteiger charge is -2.24. The SMILES string of the molecule is CSCCC(NC(=O)C(N)CC(=O)O)C(=O)NC(CC(N)=O)C(=O)NC(Cc1cnc[nH]1)C(=O)O. The van der Waals surface area contributed by atoms with E-state index in [1.54, 1.807) is 6.26 Å². The molecule has 35 heavy (non-hydrogen) atoms. The minimum Gasteiger partial charge on any atom is -0.481 e. The first-order valence-electron chi connectivity index (χ1n) is 10.3. The van der Waals surface area contributed by atoms with Crippen LogP contribution in [-0.4, -0.2) is 91.9 Å². The summed E-state index contributed by atoms with van der Waals surface area (Å²) in [7, 11) is 0. The predicted molar refractivity (Wildman–Crippen MR) is 123 cm³/mol. The van der Waals surface area contributed by atoms with E-state index in [-0.39, 0.29) is 12.8 Å². The molecule has 0 saturated carbocycles. The van der Waals surface area contributed by atoms with Crippen molar-refractivity contribution in [2.75, 3.05) is 12.0 Å². The second-order valence-electron chi connectivity index (χ2n) is 7.46. The zero-order chi connectivity index (χ0) is 26.5. The molecule has 0 fully saturated rings. The van der Waals surface area contributed by atoms with Gasteiger partial charge in [-0.3, -0.25) is 24.0 Å². The highest BCUT2D eigenvalue weighted by atomic mass is 32.2. The summed E-state index contributed by atoms with van der Waals surface area (Å²) in [5, 5.41) is 25.1. The van der Waals surface area contributed by atoms with Gasteiger partial charge in [0.2, 0.25) is 23.6 Å². The Hall–Kier alpha value is -3.66. The Balaban J connectivity index is 2.97. The molecule has 194 valence electrons. The number of hydrogen-bond donors (Lipinski definition) is 8. The second-order valence-corrected chi connectivity index (χ2v) is 8.44. The summed E-state index contributed by atoms with van der Waals surface area (Å²) in [5.41, 5.74) is 11.1. The molecule has 0 saturated heterocycles. The summed E-state index contributed by atoms with van der Waals surface area (Å²) in [6, 6.07) is -5.57. The smallest absolute Gasteiger partial charge is 0.326 e. The van der Waals surface area contributed by atoms with Gasteiger partial charge in [-0.05, 0) is 18.4 Å². The monoisotopic (exact) mass is 515 g/mol. The molecule has 0 aliphatic rings. The molecule has 16 heteroatoms. The van der Waals surface area contributed by atoms with E-state index in [2.05, 4.69) is 25.9 Å². The molecule has 0 radical (unpaired) electrons. The van der Waals surface area contributed by atoms with Gasteiger partial charge in [0.15, 0.2) is 0 Å². The fraction of sp³-hybridized carbons (Fsp3) is 0.526. The predicted octanol–water partition coefficient (Wildman–Crippen LogP) is -3.08. The van der Waals surface area contributed by atoms with Crippen LogP contribution in [0.3, 0.4) is 0 Å². The molecule has 1 rings (SSSR count). The minimum absolute atomic E-state index is 0.0982. The van der Waals surface area contributed by atoms with E-state index in [1.807, 2.05) is 0 Å². The number of carbonyl (C=O) groups excluding carboxylic acids is 4. The fourth-order valence-corrected chi connectivity index (χ4v) is 3.31. The van der Waals surface area contributed by atoms with Crippen molar-refractivity contribution < 1.29 is 39.0 Å². The van der Waals surface area contributed by atoms with Gasteiger partial charge in [0.05, 0.1) is 25.2 Å². The number of primary amides is 1. The molecular weight excluding hydrogens is 486 g/mol. The van der Waals surface area contributed by atoms with Gasteiger partial charge in [-0.25, -0.2) is 9.78 Å². The standard InChI is InChI=1S/C19H29N7O8S/c1-35-3-2-11(24-16(30)10(20)5-15(28)29)17(31)25-12(6-14(21)27)18(32)26-13(19(33)34)4-9-7-22-8-23-9/h7-8,10-13H,2-6,20H2,1H3,(H2,21,27)(H,22,23)(H,24,30)(H,25,31)(H,26,32)(H,28,29)(H,33,34). The fourth-order valence-electron chi connectivity index (χ4n) is 2.84. The normalized spacial score (nSPS) is 14.1. The second kappa shape index (κ2) is 14.6. The van der Waals surface area contributed by atoms with Crippen LogP contribution in [0.5, 0.6) is 0 Å². The number of aromatic amines is 1. The van der Waals surface area contributed by atoms with Gasteiger partial charge in [-0.2, -0.15) is 11.8 Å². The first-order chi connectivity index (χ1) is 16.4. The number of H-pyrrole nitrogens is 1. The minimum atomic E-state index is -1.54. The van der Waals surface area contributed by atoms with Crippen LogP contribution in [0.1, 0.15) is 25.0 Å². The molecule has 15 nitrogen and oxygen atoms in total. The van der Waals surface area contributed by atoms with Crippen LogP contribution in [0.15, 0.2) is 12.5 Å². The number of carboxylic acid groups (broad SMARTS) is 2. The lowest BCUT2D eigenvalue weighted by Crippen LogP contribution is -2.58. The number of imidazole rings is 1. The average Bonchev–Trinajstić information content (AvgIpc) is 3.27. The Morgan fingerprint density at radius 1 is 1.00 bits per heavy atom. The third kappa shape index (κ3) is 10.9. The first-order valence-corrected chi connectivity index (χ1v) is 11.7. The van der Waals surface area contributed by atoms with Crippen LogP contribution in [0.4, 0.5) is 0 Å². The maximum Gasteiger partial charge on any atom is 0.326 e. The van der Waals surface area contributed by atoms with Gasteiger partial charge in [-0.15, -0.1) is 0 Å². The Bertz CT molecular complexity index is 911. The number of nitrogens with two attached hydrogens (primary N) is 2. The zero-order valence-corrected chi connectivity index (χ0v) is 19.7. The molecule has 1 aromatic heterocycles. The van der Waals surface area contributed by atoms with Gasteiger partial charge in [0, 0.05) is 18.3 Å². The summed E-state index contributed by atoms with van der Waals surface area (Å²) in [5.74, 6) is -5.95. The zero-order valence-electron chi connectivity index (χ0n) is 18.9. The Labute approximate surface area is 204 Å². The molecule has 4 amide bonds. The molecule has 0 bridgehead atoms. The van der Waals surface area contributed by atoms with Crippen molar-refractivity contribution in [1.29, 1.82) is 0 Å². The van der Waals surface area contributed by atoms with Crippen LogP contribution in [-0.2, 0) is 35.2 Å². The third-order valence-electron chi connectivity index (χ3n) is 4.61. The maximum atomic E-state index is 12.8. The summed E-state index contributed by atoms with van der Waals surface area (Å²) in [6.45, 7) is 0. The van der Waals surface area contributed by atoms with Crippen molar-refractivity contribution in [2.45, 2.75) is 49.9 Å². The number of rotatable bonds is 16. The highest BCUT2D eigenvalue weighted by Gasteiger charge is 2.31. The topological polar surface area (TPSA) is 260 Å². The van der Waals surface area contributed by atoms with Crippen molar-refractivity contribution in [3.05, 3.63) is 18.2 Å². The van der Waals surface area contributed by atoms with Gasteiger partial charge in [0.1, 0.15) is 18.1 Å². The number of nitrogens with zero attached hydrogens (tertiary/aromatic N) is 1. The van der Waals surface area contributed by atoms with E-state index in [4.69, 9.17) is 16.6 Å². The lowest BCUT2D eigenvalue weighted by atomic mass is 10.1. The number of aromatic nitrogens is 2. The van der Waals surface area contributed by atoms with Crippen LogP contribution in [0.2, 0.25) is 0 Å². The number of aliphatic carboxylic acids is 2. The molecule has 10 N–H and O–H groups in total. The summed E-state index contributed by atoms with van der Waals surface area (Å²) in [6.07, 6.45) is 3.10. The third-order valence-corrected chi connectivity index (χ3v) is 5.25. The highest BCUT2D eigenvalue weighted by molar-refractivity contribution is 7.98. The van der Waals surface area contributed by atoms with Crippen LogP contribution in [0, 0.1) is 0 Å². The Kier molecular flexibility index (Phi) is 12.2. The molecular formula is C19H29N7O8S. The molecule has 0 aliphatic carbocycles. The van der Waals surface area contributed by atoms with Crippen LogP contribution in [0.25, 0.3) is 0 Å². The quantitative estimate of drug-likeness (QED) is 0.109. The van der Waals surface area contributed by atoms with Gasteiger partial charge in [0.25, 0.3) is 0 Å². The Morgan fingerprint density at radius 3 is 2.11 bits per heavy atom. The molecule has 4 atom stereocenters. The molecule has 1 heterocycles. The van der Waals surface area contributed by atoms with Crippen LogP contribution >= 0.6 is 11.8 Å². The number of thioether (sulfide) groups is 1. The molecule has 1 aromatic rings. The maximum absolute atomic E-state index is 12.8. The number of amides is 4. The van der Waals surface area contributed by atoms with Crippen molar-refractivity contribution in [3.8, 4) is 0 Å². The number of carbonyl (C=O) groups is 6. The molecule has 0 aromatic carbocycles. The van der Waals surface area contributed by atoms with E-state index >= 15 is 0 Å². The van der Waals surface area contributed by atoms with E-state index in [0.717, 1.165) is 0 Å². The van der Waals surface area contributed by atoms with E-state index in [9.17, 15) is 33.9 Å². The van der Waals surface area contributed by atoms with Crippen molar-refractivity contribution in [3.63, 3.8) is 0 Å². The van der Waals surface area contributed by atoms with Gasteiger partial charge < -0.3 is 42.6 Å². The van der Waals surface area contributed by atoms with E-state index in [1.165, 1.54) is 24.3 Å². The van der Waals surface area contributed by atoms with Crippen molar-refractivity contribution >= 4 is 47.3 Å². The van der Waals surface area contributed by atoms with Crippen molar-refractivity contribution in [2.24, 2.45) is 11.5 Å². The highest BCUT2D eigenvalue weighted by Crippen LogP contribution is 2.05. The van der Waals surface area contributed by atoms with E-state index < -0.39 is 72.6 Å². The van der Waals surface area contributed by atoms with Gasteiger partial charge >= 0.3 is 11.9 Å². The number of carboxylic acids is 2. The molecule has 4 unspecified atom stereocenters. The summed E-state index contributed by atoms with van der Waals surface area (Å²) in [4.78, 5) is 78.1. The van der Waals surface area contributed by atoms with Crippen molar-refractivity contribution in [1.82, 2.24) is 25.9 Å². The Morgan fingerprint density at radius 2 is 1.60 bits per heavy atom. The number of nitrogens with one attached hydrogen (secondary N) is 4. The first kappa shape index (κ1) is 29.4. The number of hydrogen-bond acceptors (Lipinski definition) is 9. The average molecular weight is 516 g/mol. The summed E-state index contributed by atoms with van der Waals surface area (Å²) < 4.78 is 0. The molecule has 0 aliphatic heterocycles. The van der Waals surface area contributed by atoms with Crippen LogP contribution < -0.4 is 27.4 Å². The lowest BCUT2D eigenvalue weighted by molar-refractivity contribution is -0.142. The van der Waals surface area contributed by atoms with E-state index in [0.29, 0.717) is 11.4 Å². The largest absolute Gasteiger partial charge is 0.481 e. The summed E-state index contributed by atoms with van der Waals surface area (Å²) >= 11 is 1.36. The molecule has 0 spiro atoms. The van der Waals surface area contributed by atoms with Gasteiger partial charge in [-0.1, -0.05) is 0 Å².